The number of hydrogen-bond acceptors (Lipinski definition) is 8. The summed E-state index contributed by atoms with van der Waals surface area (Å²) < 4.78 is 22.8. The summed E-state index contributed by atoms with van der Waals surface area (Å²) in [6.07, 6.45) is 1.57. The Balaban J connectivity index is 2.01. The first-order chi connectivity index (χ1) is 14.8. The first-order valence-corrected chi connectivity index (χ1v) is 10.3. The van der Waals surface area contributed by atoms with Crippen LogP contribution in [0.3, 0.4) is 0 Å². The molecular formula is C22H27N3O6. The number of carbonyl (C=O) groups is 1. The van der Waals surface area contributed by atoms with Crippen LogP contribution in [0, 0.1) is 13.8 Å². The molecule has 0 aliphatic heterocycles. The molecule has 2 aromatic heterocycles. The third kappa shape index (κ3) is 5.22. The molecule has 0 radical (unpaired) electrons. The van der Waals surface area contributed by atoms with Gasteiger partial charge in [-0.05, 0) is 56.9 Å². The zero-order valence-corrected chi connectivity index (χ0v) is 18.4. The van der Waals surface area contributed by atoms with Gasteiger partial charge in [0.25, 0.3) is 11.6 Å². The largest absolute Gasteiger partial charge is 0.481 e. The lowest BCUT2D eigenvalue weighted by Gasteiger charge is -2.11. The number of fused-ring (bicyclic) bond motifs is 1. The third-order valence-electron chi connectivity index (χ3n) is 4.58. The molecule has 1 aromatic carbocycles. The van der Waals surface area contributed by atoms with E-state index in [1.165, 1.54) is 0 Å². The number of aliphatic carboxylic acids is 1. The lowest BCUT2D eigenvalue weighted by atomic mass is 10.1. The van der Waals surface area contributed by atoms with Crippen molar-refractivity contribution in [2.75, 3.05) is 13.2 Å². The number of hydrogen-bond donors (Lipinski definition) is 1. The van der Waals surface area contributed by atoms with E-state index < -0.39 is 12.6 Å². The molecule has 0 aliphatic rings. The van der Waals surface area contributed by atoms with Crippen molar-refractivity contribution in [3.05, 3.63) is 23.3 Å². The van der Waals surface area contributed by atoms with E-state index in [1.807, 2.05) is 46.8 Å². The minimum atomic E-state index is -1.03. The number of ether oxygens (including phenoxy) is 3. The lowest BCUT2D eigenvalue weighted by molar-refractivity contribution is -0.139. The molecule has 0 aliphatic carbocycles. The highest BCUT2D eigenvalue weighted by molar-refractivity contribution is 5.78. The fourth-order valence-electron chi connectivity index (χ4n) is 2.95. The predicted octanol–water partition coefficient (Wildman–Crippen LogP) is 4.33. The quantitative estimate of drug-likeness (QED) is 0.502. The fraction of sp³-hybridized carbons (Fsp3) is 0.455. The van der Waals surface area contributed by atoms with Crippen molar-refractivity contribution in [3.8, 4) is 29.1 Å². The molecule has 0 spiro atoms. The van der Waals surface area contributed by atoms with Gasteiger partial charge in [0.05, 0.1) is 12.7 Å². The maximum Gasteiger partial charge on any atom is 0.341 e. The summed E-state index contributed by atoms with van der Waals surface area (Å²) in [4.78, 5) is 24.1. The van der Waals surface area contributed by atoms with Crippen molar-refractivity contribution in [3.63, 3.8) is 0 Å². The zero-order valence-electron chi connectivity index (χ0n) is 18.4. The van der Waals surface area contributed by atoms with Crippen LogP contribution in [0.5, 0.6) is 17.6 Å². The van der Waals surface area contributed by atoms with Gasteiger partial charge in [-0.2, -0.15) is 9.97 Å². The topological polar surface area (TPSA) is 117 Å². The van der Waals surface area contributed by atoms with Crippen LogP contribution < -0.4 is 14.2 Å². The Hall–Kier alpha value is -3.36. The lowest BCUT2D eigenvalue weighted by Crippen LogP contribution is -2.12. The van der Waals surface area contributed by atoms with Crippen molar-refractivity contribution in [1.82, 2.24) is 15.0 Å². The van der Waals surface area contributed by atoms with E-state index in [0.29, 0.717) is 35.2 Å². The second kappa shape index (κ2) is 9.63. The summed E-state index contributed by atoms with van der Waals surface area (Å²) in [6, 6.07) is 3.83. The number of carboxylic acids is 1. The number of benzene rings is 1. The number of carboxylic acid groups (broad SMARTS) is 1. The predicted molar refractivity (Wildman–Crippen MR) is 114 cm³/mol. The standard InChI is InChI=1S/C22H27N3O6/c1-6-8-28-20-17-21(25-22(24-20)30-14(5)7-2)31-19(23-17)15-9-12(3)18(13(4)10-15)29-11-16(26)27/h9-10,14H,6-8,11H2,1-5H3,(H,26,27). The van der Waals surface area contributed by atoms with Gasteiger partial charge in [-0.3, -0.25) is 0 Å². The van der Waals surface area contributed by atoms with Crippen LogP contribution in [0.15, 0.2) is 16.5 Å². The average Bonchev–Trinajstić information content (AvgIpc) is 3.15. The molecule has 3 aromatic rings. The van der Waals surface area contributed by atoms with Crippen molar-refractivity contribution >= 4 is 17.2 Å². The Morgan fingerprint density at radius 1 is 1.13 bits per heavy atom. The van der Waals surface area contributed by atoms with Gasteiger partial charge in [0.15, 0.2) is 12.1 Å². The van der Waals surface area contributed by atoms with Crippen LogP contribution >= 0.6 is 0 Å². The molecule has 31 heavy (non-hydrogen) atoms. The summed E-state index contributed by atoms with van der Waals surface area (Å²) in [5.74, 6) is 0.158. The van der Waals surface area contributed by atoms with E-state index in [2.05, 4.69) is 15.0 Å². The molecule has 0 bridgehead atoms. The van der Waals surface area contributed by atoms with Gasteiger partial charge in [-0.25, -0.2) is 9.78 Å². The average molecular weight is 429 g/mol. The van der Waals surface area contributed by atoms with Gasteiger partial charge in [0, 0.05) is 5.56 Å². The Labute approximate surface area is 180 Å². The monoisotopic (exact) mass is 429 g/mol. The third-order valence-corrected chi connectivity index (χ3v) is 4.58. The maximum absolute atomic E-state index is 10.8. The van der Waals surface area contributed by atoms with Crippen molar-refractivity contribution in [1.29, 1.82) is 0 Å². The van der Waals surface area contributed by atoms with Crippen molar-refractivity contribution in [2.24, 2.45) is 0 Å². The van der Waals surface area contributed by atoms with Crippen LogP contribution in [-0.2, 0) is 4.79 Å². The molecule has 1 atom stereocenters. The number of oxazole rings is 1. The van der Waals surface area contributed by atoms with Crippen molar-refractivity contribution in [2.45, 2.75) is 53.6 Å². The van der Waals surface area contributed by atoms with Crippen LogP contribution in [0.1, 0.15) is 44.7 Å². The molecule has 0 saturated carbocycles. The molecule has 1 N–H and O–H groups in total. The summed E-state index contributed by atoms with van der Waals surface area (Å²) in [5.41, 5.74) is 2.94. The Kier molecular flexibility index (Phi) is 6.94. The molecule has 0 amide bonds. The molecule has 3 rings (SSSR count). The van der Waals surface area contributed by atoms with E-state index in [0.717, 1.165) is 24.0 Å². The first-order valence-electron chi connectivity index (χ1n) is 10.3. The summed E-state index contributed by atoms with van der Waals surface area (Å²) in [7, 11) is 0. The summed E-state index contributed by atoms with van der Waals surface area (Å²) >= 11 is 0. The smallest absolute Gasteiger partial charge is 0.341 e. The minimum absolute atomic E-state index is 0.0532. The number of aromatic nitrogens is 3. The van der Waals surface area contributed by atoms with Gasteiger partial charge < -0.3 is 23.7 Å². The fourth-order valence-corrected chi connectivity index (χ4v) is 2.95. The molecule has 0 fully saturated rings. The molecular weight excluding hydrogens is 402 g/mol. The van der Waals surface area contributed by atoms with E-state index in [1.54, 1.807) is 0 Å². The van der Waals surface area contributed by atoms with Crippen LogP contribution in [0.2, 0.25) is 0 Å². The van der Waals surface area contributed by atoms with Gasteiger partial charge in [0.1, 0.15) is 5.75 Å². The van der Waals surface area contributed by atoms with Gasteiger partial charge in [0.2, 0.25) is 5.89 Å². The highest BCUT2D eigenvalue weighted by Crippen LogP contribution is 2.33. The highest BCUT2D eigenvalue weighted by Gasteiger charge is 2.20. The van der Waals surface area contributed by atoms with Crippen LogP contribution in [0.25, 0.3) is 22.7 Å². The number of aryl methyl sites for hydroxylation is 2. The molecule has 2 heterocycles. The maximum atomic E-state index is 10.8. The number of nitrogens with zero attached hydrogens (tertiary/aromatic N) is 3. The highest BCUT2D eigenvalue weighted by atomic mass is 16.5. The second-order valence-corrected chi connectivity index (χ2v) is 7.29. The summed E-state index contributed by atoms with van der Waals surface area (Å²) in [5, 5.41) is 8.87. The Bertz CT molecular complexity index is 1060. The van der Waals surface area contributed by atoms with E-state index >= 15 is 0 Å². The first kappa shape index (κ1) is 22.3. The van der Waals surface area contributed by atoms with E-state index in [9.17, 15) is 4.79 Å². The molecule has 9 heteroatoms. The molecule has 1 unspecified atom stereocenters. The van der Waals surface area contributed by atoms with Gasteiger partial charge in [-0.15, -0.1) is 0 Å². The molecule has 9 nitrogen and oxygen atoms in total. The zero-order chi connectivity index (χ0) is 22.5. The Morgan fingerprint density at radius 3 is 2.45 bits per heavy atom. The molecule has 166 valence electrons. The van der Waals surface area contributed by atoms with E-state index in [-0.39, 0.29) is 17.8 Å². The SMILES string of the molecule is CCCOc1nc(OC(C)CC)nc2oc(-c3cc(C)c(OCC(=O)O)c(C)c3)nc12. The van der Waals surface area contributed by atoms with Crippen LogP contribution in [0.4, 0.5) is 0 Å². The number of rotatable bonds is 10. The molecule has 0 saturated heterocycles. The summed E-state index contributed by atoms with van der Waals surface area (Å²) in [6.45, 7) is 9.70. The van der Waals surface area contributed by atoms with Gasteiger partial charge >= 0.3 is 12.0 Å². The van der Waals surface area contributed by atoms with Crippen molar-refractivity contribution < 1.29 is 28.5 Å². The second-order valence-electron chi connectivity index (χ2n) is 7.29. The minimum Gasteiger partial charge on any atom is -0.481 e. The van der Waals surface area contributed by atoms with E-state index in [4.69, 9.17) is 23.7 Å². The van der Waals surface area contributed by atoms with Crippen LogP contribution in [-0.4, -0.2) is 45.3 Å². The Morgan fingerprint density at radius 2 is 1.84 bits per heavy atom. The van der Waals surface area contributed by atoms with Gasteiger partial charge in [-0.1, -0.05) is 13.8 Å². The normalized spacial score (nSPS) is 12.0.